The standard InChI is InChI=1S/C18H20BrNO/c1-15(19)12-20(13-16-6-4-3-5-7-16)14-17-8-10-18(21-2)11-9-17/h3-11H,1,12-14H2,2H3. The van der Waals surface area contributed by atoms with Gasteiger partial charge in [-0.05, 0) is 23.3 Å². The number of nitrogens with zero attached hydrogens (tertiary/aromatic N) is 1. The van der Waals surface area contributed by atoms with E-state index >= 15 is 0 Å². The normalized spacial score (nSPS) is 10.6. The summed E-state index contributed by atoms with van der Waals surface area (Å²) in [5, 5.41) is 0. The average molecular weight is 346 g/mol. The smallest absolute Gasteiger partial charge is 0.118 e. The Kier molecular flexibility index (Phi) is 6.03. The fraction of sp³-hybridized carbons (Fsp3) is 0.222. The first kappa shape index (κ1) is 15.8. The van der Waals surface area contributed by atoms with Gasteiger partial charge in [-0.3, -0.25) is 4.90 Å². The van der Waals surface area contributed by atoms with Crippen molar-refractivity contribution in [1.82, 2.24) is 4.90 Å². The van der Waals surface area contributed by atoms with Crippen LogP contribution in [0.25, 0.3) is 0 Å². The van der Waals surface area contributed by atoms with Crippen molar-refractivity contribution >= 4 is 15.9 Å². The molecule has 0 bridgehead atoms. The molecule has 3 heteroatoms. The molecule has 0 heterocycles. The summed E-state index contributed by atoms with van der Waals surface area (Å²) < 4.78 is 6.19. The maximum Gasteiger partial charge on any atom is 0.118 e. The highest BCUT2D eigenvalue weighted by Gasteiger charge is 2.08. The highest BCUT2D eigenvalue weighted by atomic mass is 79.9. The van der Waals surface area contributed by atoms with Crippen LogP contribution in [0.15, 0.2) is 65.7 Å². The van der Waals surface area contributed by atoms with Crippen LogP contribution in [-0.4, -0.2) is 18.6 Å². The van der Waals surface area contributed by atoms with Crippen molar-refractivity contribution in [2.45, 2.75) is 13.1 Å². The number of ether oxygens (including phenoxy) is 1. The highest BCUT2D eigenvalue weighted by Crippen LogP contribution is 2.16. The highest BCUT2D eigenvalue weighted by molar-refractivity contribution is 9.11. The first-order valence-corrected chi connectivity index (χ1v) is 7.69. The van der Waals surface area contributed by atoms with Gasteiger partial charge >= 0.3 is 0 Å². The molecule has 0 saturated carbocycles. The third-order valence-corrected chi connectivity index (χ3v) is 3.46. The third-order valence-electron chi connectivity index (χ3n) is 3.21. The summed E-state index contributed by atoms with van der Waals surface area (Å²) in [6.07, 6.45) is 0. The predicted molar refractivity (Wildman–Crippen MR) is 91.6 cm³/mol. The monoisotopic (exact) mass is 345 g/mol. The molecule has 0 fully saturated rings. The van der Waals surface area contributed by atoms with E-state index in [2.05, 4.69) is 63.8 Å². The molecule has 0 amide bonds. The Balaban J connectivity index is 2.06. The van der Waals surface area contributed by atoms with Gasteiger partial charge in [0.2, 0.25) is 0 Å². The number of halogens is 1. The molecule has 0 radical (unpaired) electrons. The minimum atomic E-state index is 0.820. The van der Waals surface area contributed by atoms with E-state index in [1.807, 2.05) is 18.2 Å². The zero-order valence-corrected chi connectivity index (χ0v) is 13.8. The first-order valence-electron chi connectivity index (χ1n) is 6.90. The Bertz CT molecular complexity index is 566. The summed E-state index contributed by atoms with van der Waals surface area (Å²) in [5.74, 6) is 0.887. The van der Waals surface area contributed by atoms with Crippen LogP contribution < -0.4 is 4.74 Å². The Hall–Kier alpha value is -1.58. The zero-order chi connectivity index (χ0) is 15.1. The number of hydrogen-bond donors (Lipinski definition) is 0. The van der Waals surface area contributed by atoms with E-state index in [4.69, 9.17) is 4.74 Å². The lowest BCUT2D eigenvalue weighted by Crippen LogP contribution is -2.24. The summed E-state index contributed by atoms with van der Waals surface area (Å²) >= 11 is 3.47. The van der Waals surface area contributed by atoms with Crippen LogP contribution in [0, 0.1) is 0 Å². The summed E-state index contributed by atoms with van der Waals surface area (Å²) in [4.78, 5) is 2.36. The van der Waals surface area contributed by atoms with Gasteiger partial charge in [0.15, 0.2) is 0 Å². The van der Waals surface area contributed by atoms with Crippen LogP contribution in [0.5, 0.6) is 5.75 Å². The van der Waals surface area contributed by atoms with Crippen molar-refractivity contribution in [3.05, 3.63) is 76.8 Å². The van der Waals surface area contributed by atoms with Gasteiger partial charge in [0.1, 0.15) is 5.75 Å². The summed E-state index contributed by atoms with van der Waals surface area (Å²) in [6, 6.07) is 18.7. The Morgan fingerprint density at radius 1 is 1.00 bits per heavy atom. The van der Waals surface area contributed by atoms with Crippen molar-refractivity contribution in [2.24, 2.45) is 0 Å². The van der Waals surface area contributed by atoms with Crippen LogP contribution in [0.2, 0.25) is 0 Å². The second-order valence-corrected chi connectivity index (χ2v) is 6.12. The molecule has 0 aromatic heterocycles. The predicted octanol–water partition coefficient (Wildman–Crippen LogP) is 4.61. The van der Waals surface area contributed by atoms with Crippen molar-refractivity contribution < 1.29 is 4.74 Å². The van der Waals surface area contributed by atoms with Gasteiger partial charge in [0.25, 0.3) is 0 Å². The van der Waals surface area contributed by atoms with Gasteiger partial charge in [-0.15, -0.1) is 0 Å². The molecule has 2 rings (SSSR count). The van der Waals surface area contributed by atoms with Gasteiger partial charge in [-0.25, -0.2) is 0 Å². The molecular weight excluding hydrogens is 326 g/mol. The first-order chi connectivity index (χ1) is 10.2. The van der Waals surface area contributed by atoms with E-state index < -0.39 is 0 Å². The Labute approximate surface area is 135 Å². The van der Waals surface area contributed by atoms with Gasteiger partial charge in [-0.2, -0.15) is 0 Å². The minimum absolute atomic E-state index is 0.820. The van der Waals surface area contributed by atoms with Crippen LogP contribution in [0.4, 0.5) is 0 Å². The lowest BCUT2D eigenvalue weighted by Gasteiger charge is -2.22. The molecule has 0 saturated heterocycles. The lowest BCUT2D eigenvalue weighted by molar-refractivity contribution is 0.284. The van der Waals surface area contributed by atoms with Crippen LogP contribution in [0.3, 0.4) is 0 Å². The van der Waals surface area contributed by atoms with Gasteiger partial charge < -0.3 is 4.74 Å². The summed E-state index contributed by atoms with van der Waals surface area (Å²) in [6.45, 7) is 6.56. The Morgan fingerprint density at radius 2 is 1.57 bits per heavy atom. The summed E-state index contributed by atoms with van der Waals surface area (Å²) in [5.41, 5.74) is 2.57. The maximum absolute atomic E-state index is 5.20. The molecule has 0 aliphatic heterocycles. The van der Waals surface area contributed by atoms with Crippen molar-refractivity contribution in [3.8, 4) is 5.75 Å². The fourth-order valence-electron chi connectivity index (χ4n) is 2.24. The second kappa shape index (κ2) is 8.01. The second-order valence-electron chi connectivity index (χ2n) is 5.00. The van der Waals surface area contributed by atoms with E-state index in [1.165, 1.54) is 11.1 Å². The molecular formula is C18H20BrNO. The molecule has 110 valence electrons. The largest absolute Gasteiger partial charge is 0.497 e. The third kappa shape index (κ3) is 5.37. The van der Waals surface area contributed by atoms with Crippen LogP contribution in [0.1, 0.15) is 11.1 Å². The molecule has 2 nitrogen and oxygen atoms in total. The van der Waals surface area contributed by atoms with E-state index in [0.717, 1.165) is 29.9 Å². The number of hydrogen-bond acceptors (Lipinski definition) is 2. The SMILES string of the molecule is C=C(Br)CN(Cc1ccccc1)Cc1ccc(OC)cc1. The number of methoxy groups -OCH3 is 1. The van der Waals surface area contributed by atoms with Crippen molar-refractivity contribution in [1.29, 1.82) is 0 Å². The quantitative estimate of drug-likeness (QED) is 0.726. The molecule has 0 spiro atoms. The van der Waals surface area contributed by atoms with E-state index in [0.29, 0.717) is 0 Å². The molecule has 0 aliphatic carbocycles. The molecule has 0 atom stereocenters. The zero-order valence-electron chi connectivity index (χ0n) is 12.3. The van der Waals surface area contributed by atoms with Crippen LogP contribution >= 0.6 is 15.9 Å². The van der Waals surface area contributed by atoms with E-state index in [1.54, 1.807) is 7.11 Å². The van der Waals surface area contributed by atoms with Gasteiger partial charge in [0.05, 0.1) is 7.11 Å². The lowest BCUT2D eigenvalue weighted by atomic mass is 10.1. The van der Waals surface area contributed by atoms with Gasteiger partial charge in [0, 0.05) is 24.1 Å². The van der Waals surface area contributed by atoms with Crippen LogP contribution in [-0.2, 0) is 13.1 Å². The van der Waals surface area contributed by atoms with Gasteiger partial charge in [-0.1, -0.05) is 65.0 Å². The molecule has 2 aromatic carbocycles. The maximum atomic E-state index is 5.20. The van der Waals surface area contributed by atoms with Crippen molar-refractivity contribution in [2.75, 3.05) is 13.7 Å². The molecule has 0 N–H and O–H groups in total. The average Bonchev–Trinajstić information content (AvgIpc) is 2.48. The summed E-state index contributed by atoms with van der Waals surface area (Å²) in [7, 11) is 1.69. The minimum Gasteiger partial charge on any atom is -0.497 e. The van der Waals surface area contributed by atoms with E-state index in [9.17, 15) is 0 Å². The molecule has 2 aromatic rings. The molecule has 0 unspecified atom stereocenters. The fourth-order valence-corrected chi connectivity index (χ4v) is 2.60. The van der Waals surface area contributed by atoms with E-state index in [-0.39, 0.29) is 0 Å². The Morgan fingerprint density at radius 3 is 2.10 bits per heavy atom. The number of rotatable bonds is 7. The molecule has 21 heavy (non-hydrogen) atoms. The molecule has 0 aliphatic rings. The number of benzene rings is 2. The topological polar surface area (TPSA) is 12.5 Å². The van der Waals surface area contributed by atoms with Crippen molar-refractivity contribution in [3.63, 3.8) is 0 Å².